The van der Waals surface area contributed by atoms with E-state index in [-0.39, 0.29) is 6.10 Å². The van der Waals surface area contributed by atoms with Gasteiger partial charge in [0.05, 0.1) is 12.7 Å². The number of hydrogen-bond donors (Lipinski definition) is 1. The molecule has 2 atom stereocenters. The molecule has 0 aromatic heterocycles. The minimum Gasteiger partial charge on any atom is -0.388 e. The molecule has 2 unspecified atom stereocenters. The molecule has 0 radical (unpaired) electrons. The zero-order valence-electron chi connectivity index (χ0n) is 12.7. The van der Waals surface area contributed by atoms with Gasteiger partial charge in [0.25, 0.3) is 0 Å². The molecule has 1 heterocycles. The fraction of sp³-hybridized carbons (Fsp3) is 0.647. The predicted molar refractivity (Wildman–Crippen MR) is 81.8 cm³/mol. The number of nitrogens with zero attached hydrogens (tertiary/aromatic N) is 1. The third kappa shape index (κ3) is 4.89. The van der Waals surface area contributed by atoms with Gasteiger partial charge in [0.1, 0.15) is 0 Å². The van der Waals surface area contributed by atoms with Crippen LogP contribution in [0, 0.1) is 12.8 Å². The Morgan fingerprint density at radius 1 is 1.35 bits per heavy atom. The van der Waals surface area contributed by atoms with Gasteiger partial charge in [-0.25, -0.2) is 0 Å². The monoisotopic (exact) mass is 277 g/mol. The molecule has 0 aliphatic carbocycles. The van der Waals surface area contributed by atoms with Crippen molar-refractivity contribution >= 4 is 0 Å². The Morgan fingerprint density at radius 2 is 2.10 bits per heavy atom. The van der Waals surface area contributed by atoms with E-state index in [4.69, 9.17) is 4.74 Å². The van der Waals surface area contributed by atoms with Gasteiger partial charge >= 0.3 is 0 Å². The van der Waals surface area contributed by atoms with Gasteiger partial charge in [-0.15, -0.1) is 0 Å². The molecule has 1 aromatic carbocycles. The van der Waals surface area contributed by atoms with Crippen molar-refractivity contribution in [3.63, 3.8) is 0 Å². The molecule has 3 nitrogen and oxygen atoms in total. The van der Waals surface area contributed by atoms with E-state index in [0.29, 0.717) is 5.92 Å². The first-order valence-electron chi connectivity index (χ1n) is 7.66. The molecular weight excluding hydrogens is 250 g/mol. The maximum Gasteiger partial charge on any atom is 0.0802 e. The predicted octanol–water partition coefficient (Wildman–Crippen LogP) is 2.78. The molecule has 112 valence electrons. The maximum atomic E-state index is 10.2. The minimum atomic E-state index is -0.361. The van der Waals surface area contributed by atoms with Crippen molar-refractivity contribution in [2.75, 3.05) is 33.4 Å². The summed E-state index contributed by atoms with van der Waals surface area (Å²) in [6, 6.07) is 8.16. The third-order valence-electron chi connectivity index (χ3n) is 4.07. The van der Waals surface area contributed by atoms with Crippen LogP contribution in [0.1, 0.15) is 36.5 Å². The Labute approximate surface area is 122 Å². The first kappa shape index (κ1) is 15.5. The molecule has 1 saturated heterocycles. The molecule has 0 saturated carbocycles. The number of aliphatic hydroxyl groups is 1. The number of hydrogen-bond acceptors (Lipinski definition) is 3. The van der Waals surface area contributed by atoms with Crippen LogP contribution in [0.25, 0.3) is 0 Å². The summed E-state index contributed by atoms with van der Waals surface area (Å²) in [4.78, 5) is 2.32. The average Bonchev–Trinajstić information content (AvgIpc) is 2.46. The Kier molecular flexibility index (Phi) is 6.02. The Morgan fingerprint density at radius 3 is 2.75 bits per heavy atom. The molecule has 0 amide bonds. The van der Waals surface area contributed by atoms with Crippen molar-refractivity contribution in [3.8, 4) is 0 Å². The van der Waals surface area contributed by atoms with Crippen molar-refractivity contribution in [1.82, 2.24) is 4.90 Å². The van der Waals surface area contributed by atoms with Crippen molar-refractivity contribution < 1.29 is 9.84 Å². The van der Waals surface area contributed by atoms with Crippen molar-refractivity contribution in [3.05, 3.63) is 35.4 Å². The van der Waals surface area contributed by atoms with Crippen LogP contribution < -0.4 is 0 Å². The van der Waals surface area contributed by atoms with Gasteiger partial charge in [0.2, 0.25) is 0 Å². The van der Waals surface area contributed by atoms with Crippen LogP contribution in [0.2, 0.25) is 0 Å². The Hall–Kier alpha value is -0.900. The summed E-state index contributed by atoms with van der Waals surface area (Å²) in [7, 11) is 2.14. The quantitative estimate of drug-likeness (QED) is 0.868. The topological polar surface area (TPSA) is 32.7 Å². The molecule has 1 fully saturated rings. The zero-order chi connectivity index (χ0) is 14.4. The van der Waals surface area contributed by atoms with Crippen LogP contribution in [-0.2, 0) is 4.74 Å². The van der Waals surface area contributed by atoms with Crippen LogP contribution >= 0.6 is 0 Å². The van der Waals surface area contributed by atoms with E-state index in [1.165, 1.54) is 18.4 Å². The van der Waals surface area contributed by atoms with Crippen LogP contribution in [-0.4, -0.2) is 43.4 Å². The standard InChI is InChI=1S/C17H27NO2/c1-14-5-7-16(8-6-14)17(19)9-10-18(2)12-15-4-3-11-20-13-15/h5-8,15,17,19H,3-4,9-13H2,1-2H3. The highest BCUT2D eigenvalue weighted by Gasteiger charge is 2.16. The molecule has 3 heteroatoms. The highest BCUT2D eigenvalue weighted by molar-refractivity contribution is 5.22. The van der Waals surface area contributed by atoms with Gasteiger partial charge in [0.15, 0.2) is 0 Å². The molecular formula is C17H27NO2. The fourth-order valence-corrected chi connectivity index (χ4v) is 2.78. The van der Waals surface area contributed by atoms with E-state index in [0.717, 1.165) is 38.3 Å². The summed E-state index contributed by atoms with van der Waals surface area (Å²) >= 11 is 0. The lowest BCUT2D eigenvalue weighted by Gasteiger charge is -2.27. The van der Waals surface area contributed by atoms with Gasteiger partial charge in [-0.05, 0) is 44.7 Å². The molecule has 2 rings (SSSR count). The van der Waals surface area contributed by atoms with Gasteiger partial charge in [-0.2, -0.15) is 0 Å². The van der Waals surface area contributed by atoms with Gasteiger partial charge in [-0.3, -0.25) is 0 Å². The summed E-state index contributed by atoms with van der Waals surface area (Å²) in [5.41, 5.74) is 2.25. The van der Waals surface area contributed by atoms with E-state index in [1.54, 1.807) is 0 Å². The number of aliphatic hydroxyl groups excluding tert-OH is 1. The first-order valence-corrected chi connectivity index (χ1v) is 7.66. The number of aryl methyl sites for hydroxylation is 1. The van der Waals surface area contributed by atoms with E-state index in [2.05, 4.69) is 31.0 Å². The summed E-state index contributed by atoms with van der Waals surface area (Å²) in [6.07, 6.45) is 2.88. The SMILES string of the molecule is Cc1ccc(C(O)CCN(C)CC2CCCOC2)cc1. The van der Waals surface area contributed by atoms with Crippen LogP contribution in [0.3, 0.4) is 0 Å². The highest BCUT2D eigenvalue weighted by atomic mass is 16.5. The van der Waals surface area contributed by atoms with E-state index < -0.39 is 0 Å². The minimum absolute atomic E-state index is 0.361. The van der Waals surface area contributed by atoms with E-state index in [1.807, 2.05) is 12.1 Å². The second-order valence-electron chi connectivity index (χ2n) is 6.06. The lowest BCUT2D eigenvalue weighted by molar-refractivity contribution is 0.0399. The van der Waals surface area contributed by atoms with E-state index >= 15 is 0 Å². The second kappa shape index (κ2) is 7.77. The highest BCUT2D eigenvalue weighted by Crippen LogP contribution is 2.19. The lowest BCUT2D eigenvalue weighted by Crippen LogP contribution is -2.32. The van der Waals surface area contributed by atoms with Crippen LogP contribution in [0.5, 0.6) is 0 Å². The van der Waals surface area contributed by atoms with Crippen LogP contribution in [0.4, 0.5) is 0 Å². The summed E-state index contributed by atoms with van der Waals surface area (Å²) in [5, 5.41) is 10.2. The number of ether oxygens (including phenoxy) is 1. The smallest absolute Gasteiger partial charge is 0.0802 e. The summed E-state index contributed by atoms with van der Waals surface area (Å²) in [5.74, 6) is 0.658. The van der Waals surface area contributed by atoms with Gasteiger partial charge in [0, 0.05) is 19.7 Å². The number of rotatable bonds is 6. The molecule has 1 aliphatic heterocycles. The lowest BCUT2D eigenvalue weighted by atomic mass is 10.0. The van der Waals surface area contributed by atoms with Crippen molar-refractivity contribution in [2.24, 2.45) is 5.92 Å². The summed E-state index contributed by atoms with van der Waals surface area (Å²) in [6.45, 7) is 5.87. The Bertz CT molecular complexity index is 384. The zero-order valence-corrected chi connectivity index (χ0v) is 12.7. The van der Waals surface area contributed by atoms with E-state index in [9.17, 15) is 5.11 Å². The first-order chi connectivity index (χ1) is 9.65. The fourth-order valence-electron chi connectivity index (χ4n) is 2.78. The second-order valence-corrected chi connectivity index (χ2v) is 6.06. The van der Waals surface area contributed by atoms with Crippen LogP contribution in [0.15, 0.2) is 24.3 Å². The molecule has 0 bridgehead atoms. The van der Waals surface area contributed by atoms with Crippen molar-refractivity contribution in [1.29, 1.82) is 0 Å². The normalized spacial score (nSPS) is 21.1. The largest absolute Gasteiger partial charge is 0.388 e. The molecule has 1 aromatic rings. The third-order valence-corrected chi connectivity index (χ3v) is 4.07. The summed E-state index contributed by atoms with van der Waals surface area (Å²) < 4.78 is 5.51. The average molecular weight is 277 g/mol. The van der Waals surface area contributed by atoms with Gasteiger partial charge < -0.3 is 14.7 Å². The molecule has 0 spiro atoms. The molecule has 1 N–H and O–H groups in total. The molecule has 1 aliphatic rings. The maximum absolute atomic E-state index is 10.2. The van der Waals surface area contributed by atoms with Gasteiger partial charge in [-0.1, -0.05) is 29.8 Å². The Balaban J connectivity index is 1.71. The number of benzene rings is 1. The van der Waals surface area contributed by atoms with Crippen molar-refractivity contribution in [2.45, 2.75) is 32.3 Å². The molecule has 20 heavy (non-hydrogen) atoms.